The highest BCUT2D eigenvalue weighted by Gasteiger charge is 2.26. The number of amides is 1. The lowest BCUT2D eigenvalue weighted by Crippen LogP contribution is -2.44. The van der Waals surface area contributed by atoms with Gasteiger partial charge in [0.1, 0.15) is 5.39 Å². The van der Waals surface area contributed by atoms with Gasteiger partial charge in [0.15, 0.2) is 5.65 Å². The van der Waals surface area contributed by atoms with Crippen LogP contribution in [0.2, 0.25) is 0 Å². The van der Waals surface area contributed by atoms with Crippen LogP contribution >= 0.6 is 0 Å². The molecule has 1 amide bonds. The van der Waals surface area contributed by atoms with Crippen molar-refractivity contribution in [2.75, 3.05) is 24.5 Å². The van der Waals surface area contributed by atoms with Crippen LogP contribution in [0.5, 0.6) is 0 Å². The van der Waals surface area contributed by atoms with Crippen LogP contribution in [0.1, 0.15) is 54.4 Å². The van der Waals surface area contributed by atoms with Gasteiger partial charge < -0.3 is 10.2 Å². The van der Waals surface area contributed by atoms with E-state index < -0.39 is 5.41 Å². The number of aromatic amines is 1. The van der Waals surface area contributed by atoms with Crippen molar-refractivity contribution in [3.8, 4) is 0 Å². The number of nitrogens with zero attached hydrogens (tertiary/aromatic N) is 4. The molecule has 1 aliphatic heterocycles. The highest BCUT2D eigenvalue weighted by Crippen LogP contribution is 2.23. The molecule has 0 aliphatic carbocycles. The molecule has 2 aromatic rings. The van der Waals surface area contributed by atoms with Gasteiger partial charge in [-0.1, -0.05) is 20.8 Å². The quantitative estimate of drug-likeness (QED) is 0.841. The Morgan fingerprint density at radius 1 is 1.29 bits per heavy atom. The summed E-state index contributed by atoms with van der Waals surface area (Å²) in [5.74, 6) is 0.968. The topological polar surface area (TPSA) is 95.9 Å². The highest BCUT2D eigenvalue weighted by molar-refractivity contribution is 5.81. The summed E-state index contributed by atoms with van der Waals surface area (Å²) in [5.41, 5.74) is -0.216. The van der Waals surface area contributed by atoms with Gasteiger partial charge in [-0.2, -0.15) is 10.1 Å². The average molecular weight is 389 g/mol. The second kappa shape index (κ2) is 7.22. The van der Waals surface area contributed by atoms with E-state index in [1.54, 1.807) is 10.9 Å². The Morgan fingerprint density at radius 3 is 2.64 bits per heavy atom. The lowest BCUT2D eigenvalue weighted by atomic mass is 9.94. The molecule has 1 fully saturated rings. The zero-order valence-corrected chi connectivity index (χ0v) is 17.8. The third-order valence-electron chi connectivity index (χ3n) is 5.11. The smallest absolute Gasteiger partial charge is 0.263 e. The first-order valence-corrected chi connectivity index (χ1v) is 9.98. The molecule has 3 rings (SSSR count). The van der Waals surface area contributed by atoms with Crippen LogP contribution in [0.25, 0.3) is 11.0 Å². The zero-order chi connectivity index (χ0) is 20.7. The number of carbonyl (C=O) groups excluding carboxylic acids is 1. The predicted octanol–water partition coefficient (Wildman–Crippen LogP) is 2.25. The van der Waals surface area contributed by atoms with Crippen LogP contribution in [0.15, 0.2) is 11.0 Å². The van der Waals surface area contributed by atoms with Gasteiger partial charge in [0.25, 0.3) is 5.56 Å². The highest BCUT2D eigenvalue weighted by atomic mass is 16.2. The maximum absolute atomic E-state index is 12.6. The number of piperidine rings is 1. The number of H-pyrrole nitrogens is 1. The predicted molar refractivity (Wildman–Crippen MR) is 111 cm³/mol. The maximum atomic E-state index is 12.6. The fourth-order valence-electron chi connectivity index (χ4n) is 3.47. The van der Waals surface area contributed by atoms with Crippen LogP contribution in [-0.4, -0.2) is 45.3 Å². The van der Waals surface area contributed by atoms with E-state index in [-0.39, 0.29) is 17.0 Å². The molecule has 1 aliphatic rings. The molecule has 0 bridgehead atoms. The Kier molecular flexibility index (Phi) is 5.25. The van der Waals surface area contributed by atoms with Crippen LogP contribution in [-0.2, 0) is 10.3 Å². The number of anilines is 1. The molecule has 2 N–H and O–H groups in total. The van der Waals surface area contributed by atoms with Crippen LogP contribution in [0.3, 0.4) is 0 Å². The summed E-state index contributed by atoms with van der Waals surface area (Å²) in [6.45, 7) is 14.1. The van der Waals surface area contributed by atoms with Crippen molar-refractivity contribution < 1.29 is 4.79 Å². The molecule has 0 aromatic carbocycles. The van der Waals surface area contributed by atoms with Crippen molar-refractivity contribution in [3.63, 3.8) is 0 Å². The van der Waals surface area contributed by atoms with Crippen molar-refractivity contribution in [2.24, 2.45) is 11.3 Å². The summed E-state index contributed by atoms with van der Waals surface area (Å²) < 4.78 is 1.80. The lowest BCUT2D eigenvalue weighted by molar-refractivity contribution is -0.128. The third kappa shape index (κ3) is 4.20. The van der Waals surface area contributed by atoms with Gasteiger partial charge in [-0.3, -0.25) is 14.6 Å². The molecule has 8 nitrogen and oxygen atoms in total. The van der Waals surface area contributed by atoms with Gasteiger partial charge in [0.05, 0.1) is 11.7 Å². The van der Waals surface area contributed by atoms with Gasteiger partial charge in [-0.25, -0.2) is 4.68 Å². The van der Waals surface area contributed by atoms with E-state index in [0.29, 0.717) is 29.4 Å². The number of hydrogen-bond acceptors (Lipinski definition) is 5. The van der Waals surface area contributed by atoms with E-state index in [1.165, 1.54) is 0 Å². The molecule has 8 heteroatoms. The number of aromatic nitrogens is 4. The normalized spacial score (nSPS) is 18.5. The summed E-state index contributed by atoms with van der Waals surface area (Å²) in [5, 5.41) is 7.93. The molecular weight excluding hydrogens is 356 g/mol. The van der Waals surface area contributed by atoms with E-state index >= 15 is 0 Å². The monoisotopic (exact) mass is 388 g/mol. The van der Waals surface area contributed by atoms with E-state index in [2.05, 4.69) is 20.3 Å². The van der Waals surface area contributed by atoms with E-state index in [1.807, 2.05) is 41.5 Å². The number of fused-ring (bicyclic) bond motifs is 1. The summed E-state index contributed by atoms with van der Waals surface area (Å²) >= 11 is 0. The van der Waals surface area contributed by atoms with E-state index in [9.17, 15) is 9.59 Å². The molecule has 28 heavy (non-hydrogen) atoms. The van der Waals surface area contributed by atoms with Gasteiger partial charge in [-0.15, -0.1) is 0 Å². The van der Waals surface area contributed by atoms with Crippen molar-refractivity contribution in [1.82, 2.24) is 25.1 Å². The fourth-order valence-corrected chi connectivity index (χ4v) is 3.47. The van der Waals surface area contributed by atoms with Gasteiger partial charge >= 0.3 is 0 Å². The fraction of sp³-hybridized carbons (Fsp3) is 0.700. The van der Waals surface area contributed by atoms with Crippen molar-refractivity contribution >= 4 is 22.9 Å². The first-order valence-electron chi connectivity index (χ1n) is 9.98. The molecule has 2 aromatic heterocycles. The summed E-state index contributed by atoms with van der Waals surface area (Å²) in [7, 11) is 0. The number of nitrogens with one attached hydrogen (secondary N) is 2. The summed E-state index contributed by atoms with van der Waals surface area (Å²) in [4.78, 5) is 34.5. The maximum Gasteiger partial charge on any atom is 0.263 e. The van der Waals surface area contributed by atoms with Gasteiger partial charge in [0.2, 0.25) is 11.9 Å². The summed E-state index contributed by atoms with van der Waals surface area (Å²) in [6, 6.07) is 0. The van der Waals surface area contributed by atoms with Crippen LogP contribution < -0.4 is 15.8 Å². The number of hydrogen-bond donors (Lipinski definition) is 2. The Balaban J connectivity index is 1.80. The minimum atomic E-state index is -0.391. The van der Waals surface area contributed by atoms with E-state index in [0.717, 1.165) is 25.9 Å². The van der Waals surface area contributed by atoms with Gasteiger partial charge in [0, 0.05) is 25.0 Å². The first kappa shape index (κ1) is 20.4. The number of carbonyl (C=O) groups is 1. The lowest BCUT2D eigenvalue weighted by Gasteiger charge is -2.33. The second-order valence-electron chi connectivity index (χ2n) is 9.77. The molecule has 3 heterocycles. The minimum Gasteiger partial charge on any atom is -0.355 e. The Morgan fingerprint density at radius 2 is 2.00 bits per heavy atom. The molecule has 0 spiro atoms. The standard InChI is InChI=1S/C20H32N6O2/c1-19(2,3)17(28)21-10-13-8-7-9-25(12-13)18-23-15-14(16(27)24-18)11-22-26(15)20(4,5)6/h11,13H,7-10,12H2,1-6H3,(H,21,28)(H,23,24,27). The van der Waals surface area contributed by atoms with Gasteiger partial charge in [-0.05, 0) is 39.5 Å². The SMILES string of the molecule is CC(C)(C)C(=O)NCC1CCCN(c2nc3c(cnn3C(C)(C)C)c(=O)[nH]2)C1. The minimum absolute atomic E-state index is 0.0617. The zero-order valence-electron chi connectivity index (χ0n) is 17.8. The van der Waals surface area contributed by atoms with Crippen molar-refractivity contribution in [3.05, 3.63) is 16.6 Å². The number of rotatable bonds is 3. The molecule has 154 valence electrons. The Bertz CT molecular complexity index is 915. The second-order valence-corrected chi connectivity index (χ2v) is 9.77. The average Bonchev–Trinajstić information content (AvgIpc) is 3.04. The van der Waals surface area contributed by atoms with Crippen molar-refractivity contribution in [2.45, 2.75) is 59.9 Å². The largest absolute Gasteiger partial charge is 0.355 e. The first-order chi connectivity index (χ1) is 13.0. The molecule has 1 atom stereocenters. The molecule has 1 saturated heterocycles. The van der Waals surface area contributed by atoms with Crippen LogP contribution in [0.4, 0.5) is 5.95 Å². The Hall–Kier alpha value is -2.38. The molecular formula is C20H32N6O2. The third-order valence-corrected chi connectivity index (χ3v) is 5.11. The van der Waals surface area contributed by atoms with E-state index in [4.69, 9.17) is 4.98 Å². The molecule has 0 saturated carbocycles. The Labute approximate surface area is 165 Å². The molecule has 1 unspecified atom stereocenters. The molecule has 0 radical (unpaired) electrons. The van der Waals surface area contributed by atoms with Crippen LogP contribution in [0, 0.1) is 11.3 Å². The van der Waals surface area contributed by atoms with Crippen molar-refractivity contribution in [1.29, 1.82) is 0 Å². The summed E-state index contributed by atoms with van der Waals surface area (Å²) in [6.07, 6.45) is 3.63.